The Kier molecular flexibility index (Phi) is 7.57. The molecular weight excluding hydrogens is 474 g/mol. The Hall–Kier alpha value is -3.81. The van der Waals surface area contributed by atoms with Gasteiger partial charge in [-0.25, -0.2) is 4.79 Å². The average molecular weight is 508 g/mol. The van der Waals surface area contributed by atoms with Gasteiger partial charge >= 0.3 is 11.6 Å². The Morgan fingerprint density at radius 1 is 1.14 bits per heavy atom. The molecule has 8 heteroatoms. The smallest absolute Gasteiger partial charge is 0.339 e. The van der Waals surface area contributed by atoms with E-state index >= 15 is 0 Å². The molecular formula is C29H33NO7. The second kappa shape index (κ2) is 10.7. The van der Waals surface area contributed by atoms with Crippen LogP contribution in [-0.2, 0) is 28.9 Å². The van der Waals surface area contributed by atoms with E-state index in [2.05, 4.69) is 5.32 Å². The minimum atomic E-state index is -0.439. The number of carbonyl (C=O) groups excluding carboxylic acids is 2. The lowest BCUT2D eigenvalue weighted by atomic mass is 9.91. The van der Waals surface area contributed by atoms with Crippen molar-refractivity contribution in [2.75, 3.05) is 13.7 Å². The number of carbonyl (C=O) groups is 2. The third-order valence-electron chi connectivity index (χ3n) is 6.68. The molecule has 3 aromatic rings. The number of methoxy groups -OCH3 is 1. The maximum absolute atomic E-state index is 13.0. The molecule has 1 N–H and O–H groups in total. The van der Waals surface area contributed by atoms with E-state index in [0.29, 0.717) is 41.4 Å². The SMILES string of the molecule is COc1cc2c(c3oc(=O)c(CCC(=O)NCCc4ccc(OC(C)=O)cc4)c(C)c13)CCC(C)(C)O2. The first kappa shape index (κ1) is 26.3. The predicted molar refractivity (Wildman–Crippen MR) is 140 cm³/mol. The normalized spacial score (nSPS) is 14.0. The van der Waals surface area contributed by atoms with E-state index in [1.165, 1.54) is 6.92 Å². The summed E-state index contributed by atoms with van der Waals surface area (Å²) in [4.78, 5) is 36.5. The molecule has 196 valence electrons. The second-order valence-electron chi connectivity index (χ2n) is 9.95. The van der Waals surface area contributed by atoms with Crippen molar-refractivity contribution in [3.63, 3.8) is 0 Å². The van der Waals surface area contributed by atoms with E-state index in [1.807, 2.05) is 39.0 Å². The van der Waals surface area contributed by atoms with Crippen LogP contribution in [0.15, 0.2) is 39.5 Å². The lowest BCUT2D eigenvalue weighted by Crippen LogP contribution is -2.32. The maximum Gasteiger partial charge on any atom is 0.339 e. The largest absolute Gasteiger partial charge is 0.496 e. The van der Waals surface area contributed by atoms with Crippen LogP contribution in [0.3, 0.4) is 0 Å². The van der Waals surface area contributed by atoms with E-state index in [4.69, 9.17) is 18.6 Å². The fourth-order valence-corrected chi connectivity index (χ4v) is 4.70. The van der Waals surface area contributed by atoms with Crippen LogP contribution in [-0.4, -0.2) is 31.1 Å². The summed E-state index contributed by atoms with van der Waals surface area (Å²) < 4.78 is 22.6. The van der Waals surface area contributed by atoms with Gasteiger partial charge in [0.15, 0.2) is 0 Å². The summed E-state index contributed by atoms with van der Waals surface area (Å²) in [6, 6.07) is 9.01. The molecule has 2 heterocycles. The van der Waals surface area contributed by atoms with Crippen LogP contribution >= 0.6 is 0 Å². The Labute approximate surface area is 215 Å². The van der Waals surface area contributed by atoms with E-state index in [9.17, 15) is 14.4 Å². The van der Waals surface area contributed by atoms with Gasteiger partial charge in [0.2, 0.25) is 5.91 Å². The molecule has 0 radical (unpaired) electrons. The molecule has 4 rings (SSSR count). The molecule has 0 unspecified atom stereocenters. The zero-order valence-electron chi connectivity index (χ0n) is 22.0. The summed E-state index contributed by atoms with van der Waals surface area (Å²) in [6.45, 7) is 7.74. The molecule has 0 saturated carbocycles. The summed E-state index contributed by atoms with van der Waals surface area (Å²) in [6.07, 6.45) is 2.59. The number of nitrogens with one attached hydrogen (secondary N) is 1. The monoisotopic (exact) mass is 507 g/mol. The summed E-state index contributed by atoms with van der Waals surface area (Å²) in [5.74, 6) is 1.22. The van der Waals surface area contributed by atoms with Crippen LogP contribution in [0, 0.1) is 6.92 Å². The van der Waals surface area contributed by atoms with Crippen molar-refractivity contribution < 1.29 is 28.2 Å². The van der Waals surface area contributed by atoms with Crippen molar-refractivity contribution >= 4 is 22.8 Å². The topological polar surface area (TPSA) is 104 Å². The Morgan fingerprint density at radius 2 is 1.86 bits per heavy atom. The highest BCUT2D eigenvalue weighted by molar-refractivity contribution is 5.92. The number of amides is 1. The lowest BCUT2D eigenvalue weighted by Gasteiger charge is -2.33. The van der Waals surface area contributed by atoms with Gasteiger partial charge in [0, 0.05) is 37.1 Å². The molecule has 2 aromatic carbocycles. The van der Waals surface area contributed by atoms with Crippen LogP contribution in [0.2, 0.25) is 0 Å². The number of hydrogen-bond donors (Lipinski definition) is 1. The van der Waals surface area contributed by atoms with Gasteiger partial charge in [0.1, 0.15) is 28.4 Å². The second-order valence-corrected chi connectivity index (χ2v) is 9.95. The van der Waals surface area contributed by atoms with Crippen LogP contribution in [0.25, 0.3) is 11.0 Å². The van der Waals surface area contributed by atoms with Crippen molar-refractivity contribution in [1.82, 2.24) is 5.32 Å². The first-order valence-electron chi connectivity index (χ1n) is 12.5. The van der Waals surface area contributed by atoms with E-state index in [0.717, 1.165) is 34.9 Å². The highest BCUT2D eigenvalue weighted by Crippen LogP contribution is 2.43. The van der Waals surface area contributed by atoms with Crippen LogP contribution in [0.5, 0.6) is 17.2 Å². The van der Waals surface area contributed by atoms with Gasteiger partial charge in [-0.05, 0) is 69.7 Å². The maximum atomic E-state index is 13.0. The van der Waals surface area contributed by atoms with E-state index in [-0.39, 0.29) is 30.3 Å². The number of ether oxygens (including phenoxy) is 3. The number of fused-ring (bicyclic) bond motifs is 3. The van der Waals surface area contributed by atoms with Crippen molar-refractivity contribution in [2.45, 2.75) is 65.4 Å². The lowest BCUT2D eigenvalue weighted by molar-refractivity contribution is -0.131. The third kappa shape index (κ3) is 5.96. The summed E-state index contributed by atoms with van der Waals surface area (Å²) in [7, 11) is 1.58. The Bertz CT molecular complexity index is 1390. The first-order valence-corrected chi connectivity index (χ1v) is 12.5. The molecule has 1 aromatic heterocycles. The Balaban J connectivity index is 1.43. The zero-order chi connectivity index (χ0) is 26.7. The zero-order valence-corrected chi connectivity index (χ0v) is 22.0. The number of benzene rings is 2. The number of hydrogen-bond acceptors (Lipinski definition) is 7. The van der Waals surface area contributed by atoms with Gasteiger partial charge in [0.05, 0.1) is 12.5 Å². The van der Waals surface area contributed by atoms with Crippen LogP contribution < -0.4 is 25.2 Å². The third-order valence-corrected chi connectivity index (χ3v) is 6.68. The molecule has 1 aliphatic rings. The molecule has 0 spiro atoms. The van der Waals surface area contributed by atoms with Gasteiger partial charge in [0.25, 0.3) is 0 Å². The highest BCUT2D eigenvalue weighted by atomic mass is 16.5. The summed E-state index contributed by atoms with van der Waals surface area (Å²) in [5.41, 5.74) is 2.87. The van der Waals surface area contributed by atoms with Gasteiger partial charge in [-0.2, -0.15) is 0 Å². The first-order chi connectivity index (χ1) is 17.6. The molecule has 0 atom stereocenters. The molecule has 0 aliphatic carbocycles. The van der Waals surface area contributed by atoms with E-state index in [1.54, 1.807) is 19.2 Å². The van der Waals surface area contributed by atoms with E-state index < -0.39 is 5.63 Å². The van der Waals surface area contributed by atoms with Crippen LogP contribution in [0.4, 0.5) is 0 Å². The fourth-order valence-electron chi connectivity index (χ4n) is 4.70. The quantitative estimate of drug-likeness (QED) is 0.273. The van der Waals surface area contributed by atoms with Gasteiger partial charge in [-0.15, -0.1) is 0 Å². The summed E-state index contributed by atoms with van der Waals surface area (Å²) in [5, 5.41) is 3.64. The van der Waals surface area contributed by atoms with Gasteiger partial charge in [-0.3, -0.25) is 9.59 Å². The minimum Gasteiger partial charge on any atom is -0.496 e. The van der Waals surface area contributed by atoms with Crippen molar-refractivity contribution in [1.29, 1.82) is 0 Å². The van der Waals surface area contributed by atoms with Gasteiger partial charge < -0.3 is 23.9 Å². The average Bonchev–Trinajstić information content (AvgIpc) is 2.83. The molecule has 37 heavy (non-hydrogen) atoms. The molecule has 1 aliphatic heterocycles. The van der Waals surface area contributed by atoms with Crippen molar-refractivity contribution in [3.05, 3.63) is 63.0 Å². The predicted octanol–water partition coefficient (Wildman–Crippen LogP) is 4.43. The molecule has 1 amide bonds. The van der Waals surface area contributed by atoms with Gasteiger partial charge in [-0.1, -0.05) is 12.1 Å². The molecule has 8 nitrogen and oxygen atoms in total. The van der Waals surface area contributed by atoms with Crippen molar-refractivity contribution in [3.8, 4) is 17.2 Å². The number of esters is 1. The Morgan fingerprint density at radius 3 is 2.54 bits per heavy atom. The molecule has 0 saturated heterocycles. The molecule has 0 fully saturated rings. The highest BCUT2D eigenvalue weighted by Gasteiger charge is 2.31. The molecule has 0 bridgehead atoms. The fraction of sp³-hybridized carbons (Fsp3) is 0.414. The minimum absolute atomic E-state index is 0.150. The van der Waals surface area contributed by atoms with Crippen molar-refractivity contribution in [2.24, 2.45) is 0 Å². The number of aryl methyl sites for hydroxylation is 2. The standard InChI is InChI=1S/C29H33NO7/c1-17-21(10-11-25(32)30-15-13-19-6-8-20(9-7-19)35-18(2)31)28(33)36-27-22-12-14-29(3,4)37-23(22)16-24(34-5)26(17)27/h6-9,16H,10-15H2,1-5H3,(H,30,32). The summed E-state index contributed by atoms with van der Waals surface area (Å²) >= 11 is 0. The van der Waals surface area contributed by atoms with Crippen LogP contribution in [0.1, 0.15) is 55.9 Å². The number of rotatable bonds is 8.